The predicted octanol–water partition coefficient (Wildman–Crippen LogP) is 2.59. The highest BCUT2D eigenvalue weighted by molar-refractivity contribution is 6.33. The third kappa shape index (κ3) is 4.27. The summed E-state index contributed by atoms with van der Waals surface area (Å²) in [6.45, 7) is 4.39. The molecule has 18 heavy (non-hydrogen) atoms. The molecule has 0 aliphatic heterocycles. The fraction of sp³-hybridized carbons (Fsp3) is 0.538. The maximum absolute atomic E-state index is 12.0. The Morgan fingerprint density at radius 3 is 2.89 bits per heavy atom. The number of aryl methyl sites for hydroxylation is 1. The first kappa shape index (κ1) is 14.9. The first-order valence-corrected chi connectivity index (χ1v) is 6.38. The predicted molar refractivity (Wildman–Crippen MR) is 72.0 cm³/mol. The monoisotopic (exact) mass is 270 g/mol. The Balaban J connectivity index is 2.73. The average molecular weight is 271 g/mol. The molecule has 4 nitrogen and oxygen atoms in total. The normalized spacial score (nSPS) is 12.2. The van der Waals surface area contributed by atoms with Crippen molar-refractivity contribution in [3.63, 3.8) is 0 Å². The lowest BCUT2D eigenvalue weighted by molar-refractivity contribution is 0.0891. The number of ether oxygens (including phenoxy) is 1. The van der Waals surface area contributed by atoms with Gasteiger partial charge in [-0.25, -0.2) is 0 Å². The molecule has 1 amide bonds. The van der Waals surface area contributed by atoms with Crippen LogP contribution in [0, 0.1) is 6.92 Å². The number of hydrogen-bond donors (Lipinski definition) is 1. The summed E-state index contributed by atoms with van der Waals surface area (Å²) in [6, 6.07) is 1.69. The van der Waals surface area contributed by atoms with Crippen molar-refractivity contribution < 1.29 is 9.53 Å². The minimum absolute atomic E-state index is 0.00451. The molecule has 0 fully saturated rings. The number of hydrogen-bond acceptors (Lipinski definition) is 3. The van der Waals surface area contributed by atoms with Crippen molar-refractivity contribution in [2.24, 2.45) is 0 Å². The Morgan fingerprint density at radius 2 is 2.33 bits per heavy atom. The fourth-order valence-electron chi connectivity index (χ4n) is 1.70. The molecule has 0 aliphatic rings. The van der Waals surface area contributed by atoms with E-state index in [1.165, 1.54) is 6.20 Å². The third-order valence-electron chi connectivity index (χ3n) is 2.58. The van der Waals surface area contributed by atoms with Crippen molar-refractivity contribution in [1.29, 1.82) is 0 Å². The molecule has 0 bridgehead atoms. The topological polar surface area (TPSA) is 51.2 Å². The quantitative estimate of drug-likeness (QED) is 0.864. The molecule has 0 aromatic carbocycles. The van der Waals surface area contributed by atoms with Crippen LogP contribution in [-0.2, 0) is 4.74 Å². The van der Waals surface area contributed by atoms with Gasteiger partial charge < -0.3 is 10.1 Å². The molecule has 1 heterocycles. The zero-order chi connectivity index (χ0) is 13.5. The first-order chi connectivity index (χ1) is 8.58. The van der Waals surface area contributed by atoms with Crippen molar-refractivity contribution >= 4 is 17.5 Å². The summed E-state index contributed by atoms with van der Waals surface area (Å²) in [6.07, 6.45) is 3.35. The number of pyridine rings is 1. The molecule has 0 saturated carbocycles. The maximum atomic E-state index is 12.0. The molecular weight excluding hydrogens is 252 g/mol. The zero-order valence-corrected chi connectivity index (χ0v) is 11.8. The molecule has 100 valence electrons. The van der Waals surface area contributed by atoms with Crippen LogP contribution in [0.2, 0.25) is 5.02 Å². The van der Waals surface area contributed by atoms with Crippen molar-refractivity contribution in [1.82, 2.24) is 10.3 Å². The number of nitrogens with zero attached hydrogens (tertiary/aromatic N) is 1. The summed E-state index contributed by atoms with van der Waals surface area (Å²) in [4.78, 5) is 16.1. The fourth-order valence-corrected chi connectivity index (χ4v) is 2.00. The molecule has 0 saturated heterocycles. The molecule has 5 heteroatoms. The molecular formula is C13H19ClN2O2. The van der Waals surface area contributed by atoms with E-state index in [4.69, 9.17) is 16.3 Å². The molecule has 1 rings (SSSR count). The van der Waals surface area contributed by atoms with Crippen LogP contribution < -0.4 is 5.32 Å². The number of nitrogens with one attached hydrogen (secondary N) is 1. The van der Waals surface area contributed by atoms with Gasteiger partial charge in [-0.1, -0.05) is 24.9 Å². The van der Waals surface area contributed by atoms with Crippen LogP contribution in [0.4, 0.5) is 0 Å². The second-order valence-electron chi connectivity index (χ2n) is 4.22. The highest BCUT2D eigenvalue weighted by atomic mass is 35.5. The SMILES string of the molecule is CCCC(COC)NC(=O)c1cnc(C)cc1Cl. The van der Waals surface area contributed by atoms with Crippen molar-refractivity contribution in [2.75, 3.05) is 13.7 Å². The van der Waals surface area contributed by atoms with Crippen LogP contribution in [0.5, 0.6) is 0 Å². The van der Waals surface area contributed by atoms with Crippen LogP contribution >= 0.6 is 11.6 Å². The zero-order valence-electron chi connectivity index (χ0n) is 11.0. The lowest BCUT2D eigenvalue weighted by atomic mass is 10.1. The van der Waals surface area contributed by atoms with E-state index in [1.807, 2.05) is 6.92 Å². The highest BCUT2D eigenvalue weighted by Gasteiger charge is 2.15. The number of halogens is 1. The van der Waals surface area contributed by atoms with Crippen LogP contribution in [0.1, 0.15) is 35.8 Å². The molecule has 1 aromatic rings. The molecule has 0 aliphatic carbocycles. The summed E-state index contributed by atoms with van der Waals surface area (Å²) in [5.74, 6) is -0.206. The smallest absolute Gasteiger partial charge is 0.254 e. The van der Waals surface area contributed by atoms with E-state index in [1.54, 1.807) is 13.2 Å². The van der Waals surface area contributed by atoms with Crippen LogP contribution in [0.3, 0.4) is 0 Å². The Bertz CT molecular complexity index is 404. The second-order valence-corrected chi connectivity index (χ2v) is 4.63. The minimum atomic E-state index is -0.206. The van der Waals surface area contributed by atoms with E-state index in [0.717, 1.165) is 18.5 Å². The van der Waals surface area contributed by atoms with Crippen LogP contribution in [0.25, 0.3) is 0 Å². The van der Waals surface area contributed by atoms with Gasteiger partial charge in [0.15, 0.2) is 0 Å². The summed E-state index contributed by atoms with van der Waals surface area (Å²) in [5, 5.41) is 3.33. The number of carbonyl (C=O) groups excluding carboxylic acids is 1. The van der Waals surface area contributed by atoms with E-state index < -0.39 is 0 Å². The molecule has 1 unspecified atom stereocenters. The lowest BCUT2D eigenvalue weighted by Crippen LogP contribution is -2.38. The third-order valence-corrected chi connectivity index (χ3v) is 2.89. The number of methoxy groups -OCH3 is 1. The second kappa shape index (κ2) is 7.34. The Hall–Kier alpha value is -1.13. The van der Waals surface area contributed by atoms with Crippen molar-refractivity contribution in [2.45, 2.75) is 32.7 Å². The average Bonchev–Trinajstić information content (AvgIpc) is 2.29. The summed E-state index contributed by atoms with van der Waals surface area (Å²) >= 11 is 6.03. The van der Waals surface area contributed by atoms with Gasteiger partial charge in [-0.05, 0) is 19.4 Å². The molecule has 1 aromatic heterocycles. The number of carbonyl (C=O) groups is 1. The first-order valence-electron chi connectivity index (χ1n) is 6.00. The van der Waals surface area contributed by atoms with Crippen LogP contribution in [0.15, 0.2) is 12.3 Å². The standard InChI is InChI=1S/C13H19ClN2O2/c1-4-5-10(8-18-3)16-13(17)11-7-15-9(2)6-12(11)14/h6-7,10H,4-5,8H2,1-3H3,(H,16,17). The summed E-state index contributed by atoms with van der Waals surface area (Å²) in [7, 11) is 1.62. The molecule has 1 N–H and O–H groups in total. The lowest BCUT2D eigenvalue weighted by Gasteiger charge is -2.17. The van der Waals surface area contributed by atoms with Gasteiger partial charge >= 0.3 is 0 Å². The highest BCUT2D eigenvalue weighted by Crippen LogP contribution is 2.15. The van der Waals surface area contributed by atoms with E-state index in [2.05, 4.69) is 17.2 Å². The minimum Gasteiger partial charge on any atom is -0.383 e. The molecule has 0 radical (unpaired) electrons. The van der Waals surface area contributed by atoms with Gasteiger partial charge in [-0.15, -0.1) is 0 Å². The van der Waals surface area contributed by atoms with Crippen molar-refractivity contribution in [3.8, 4) is 0 Å². The molecule has 1 atom stereocenters. The number of rotatable bonds is 6. The van der Waals surface area contributed by atoms with Gasteiger partial charge in [-0.2, -0.15) is 0 Å². The van der Waals surface area contributed by atoms with E-state index in [0.29, 0.717) is 17.2 Å². The van der Waals surface area contributed by atoms with Gasteiger partial charge in [0.05, 0.1) is 23.2 Å². The van der Waals surface area contributed by atoms with Gasteiger partial charge in [0, 0.05) is 19.0 Å². The van der Waals surface area contributed by atoms with Gasteiger partial charge in [0.2, 0.25) is 0 Å². The Kier molecular flexibility index (Phi) is 6.09. The Labute approximate surface area is 113 Å². The maximum Gasteiger partial charge on any atom is 0.254 e. The van der Waals surface area contributed by atoms with E-state index in [9.17, 15) is 4.79 Å². The van der Waals surface area contributed by atoms with Gasteiger partial charge in [-0.3, -0.25) is 9.78 Å². The number of aromatic nitrogens is 1. The van der Waals surface area contributed by atoms with E-state index >= 15 is 0 Å². The van der Waals surface area contributed by atoms with Crippen LogP contribution in [-0.4, -0.2) is 30.6 Å². The molecule has 0 spiro atoms. The summed E-state index contributed by atoms with van der Waals surface area (Å²) in [5.41, 5.74) is 1.19. The van der Waals surface area contributed by atoms with Crippen molar-refractivity contribution in [3.05, 3.63) is 28.5 Å². The van der Waals surface area contributed by atoms with E-state index in [-0.39, 0.29) is 11.9 Å². The van der Waals surface area contributed by atoms with Gasteiger partial charge in [0.25, 0.3) is 5.91 Å². The largest absolute Gasteiger partial charge is 0.383 e. The Morgan fingerprint density at radius 1 is 1.61 bits per heavy atom. The number of amides is 1. The summed E-state index contributed by atoms with van der Waals surface area (Å²) < 4.78 is 5.08. The van der Waals surface area contributed by atoms with Gasteiger partial charge in [0.1, 0.15) is 0 Å².